The smallest absolute Gasteiger partial charge is 0.310 e. The van der Waals surface area contributed by atoms with E-state index < -0.39 is 18.5 Å². The molecule has 0 spiro atoms. The Balaban J connectivity index is 1.80. The molecule has 0 saturated heterocycles. The number of nitriles is 2. The summed E-state index contributed by atoms with van der Waals surface area (Å²) < 4.78 is 15.9. The molecule has 0 aliphatic heterocycles. The summed E-state index contributed by atoms with van der Waals surface area (Å²) in [6.07, 6.45) is 0.305. The molecular weight excluding hydrogens is 400 g/mol. The van der Waals surface area contributed by atoms with Gasteiger partial charge in [0.2, 0.25) is 0 Å². The zero-order valence-corrected chi connectivity index (χ0v) is 17.6. The van der Waals surface area contributed by atoms with Crippen LogP contribution in [0.5, 0.6) is 5.75 Å². The fourth-order valence-corrected chi connectivity index (χ4v) is 2.75. The van der Waals surface area contributed by atoms with Gasteiger partial charge >= 0.3 is 5.97 Å². The predicted molar refractivity (Wildman–Crippen MR) is 108 cm³/mol. The molecule has 0 atom stereocenters. The molecule has 9 heteroatoms. The molecule has 0 radical (unpaired) electrons. The summed E-state index contributed by atoms with van der Waals surface area (Å²) in [5, 5.41) is 21.2. The Morgan fingerprint density at radius 2 is 1.74 bits per heavy atom. The summed E-state index contributed by atoms with van der Waals surface area (Å²) in [6, 6.07) is 10.9. The Labute approximate surface area is 180 Å². The quantitative estimate of drug-likeness (QED) is 0.503. The van der Waals surface area contributed by atoms with Crippen LogP contribution < -0.4 is 4.74 Å². The maximum absolute atomic E-state index is 12.2. The van der Waals surface area contributed by atoms with Crippen molar-refractivity contribution in [2.45, 2.75) is 39.7 Å². The molecule has 0 N–H and O–H groups in total. The lowest BCUT2D eigenvalue weighted by molar-refractivity contribution is -0.151. The third-order valence-electron chi connectivity index (χ3n) is 4.53. The molecule has 31 heavy (non-hydrogen) atoms. The van der Waals surface area contributed by atoms with Crippen molar-refractivity contribution >= 4 is 11.9 Å². The normalized spacial score (nSPS) is 10.1. The standard InChI is InChI=1S/C22H24N4O5/c1-16-20(17(2)31-25-16)14-29-19-7-5-18(6-8-19)13-22(28)30-15-21(27)26(11-3-9-23)12-4-10-24/h5-8H,3-4,11-15H2,1-2H3. The largest absolute Gasteiger partial charge is 0.489 e. The van der Waals surface area contributed by atoms with Crippen molar-refractivity contribution in [3.63, 3.8) is 0 Å². The van der Waals surface area contributed by atoms with Crippen LogP contribution in [0.15, 0.2) is 28.8 Å². The van der Waals surface area contributed by atoms with Crippen molar-refractivity contribution in [2.24, 2.45) is 0 Å². The lowest BCUT2D eigenvalue weighted by Crippen LogP contribution is -2.36. The number of hydrogen-bond donors (Lipinski definition) is 0. The van der Waals surface area contributed by atoms with Crippen molar-refractivity contribution in [3.8, 4) is 17.9 Å². The van der Waals surface area contributed by atoms with Gasteiger partial charge in [0, 0.05) is 13.1 Å². The number of esters is 1. The highest BCUT2D eigenvalue weighted by molar-refractivity contribution is 5.81. The molecule has 1 heterocycles. The second kappa shape index (κ2) is 12.0. The van der Waals surface area contributed by atoms with Crippen LogP contribution in [0.1, 0.15) is 35.4 Å². The molecule has 9 nitrogen and oxygen atoms in total. The summed E-state index contributed by atoms with van der Waals surface area (Å²) >= 11 is 0. The van der Waals surface area contributed by atoms with E-state index in [1.807, 2.05) is 26.0 Å². The highest BCUT2D eigenvalue weighted by Gasteiger charge is 2.16. The van der Waals surface area contributed by atoms with Gasteiger partial charge in [-0.1, -0.05) is 17.3 Å². The zero-order valence-electron chi connectivity index (χ0n) is 17.6. The average molecular weight is 424 g/mol. The van der Waals surface area contributed by atoms with E-state index in [0.717, 1.165) is 11.3 Å². The molecule has 0 aliphatic carbocycles. The van der Waals surface area contributed by atoms with Crippen molar-refractivity contribution in [3.05, 3.63) is 46.8 Å². The van der Waals surface area contributed by atoms with Crippen molar-refractivity contribution in [2.75, 3.05) is 19.7 Å². The maximum atomic E-state index is 12.2. The minimum atomic E-state index is -0.543. The van der Waals surface area contributed by atoms with Crippen molar-refractivity contribution in [1.29, 1.82) is 10.5 Å². The van der Waals surface area contributed by atoms with Gasteiger partial charge in [-0.25, -0.2) is 0 Å². The van der Waals surface area contributed by atoms with E-state index in [1.54, 1.807) is 24.3 Å². The van der Waals surface area contributed by atoms with Crippen LogP contribution in [-0.4, -0.2) is 41.6 Å². The van der Waals surface area contributed by atoms with Crippen LogP contribution in [0.4, 0.5) is 0 Å². The van der Waals surface area contributed by atoms with Gasteiger partial charge in [-0.15, -0.1) is 0 Å². The summed E-state index contributed by atoms with van der Waals surface area (Å²) in [7, 11) is 0. The second-order valence-corrected chi connectivity index (χ2v) is 6.77. The Bertz CT molecular complexity index is 932. The van der Waals surface area contributed by atoms with Crippen molar-refractivity contribution < 1.29 is 23.6 Å². The molecular formula is C22H24N4O5. The number of benzene rings is 1. The van der Waals surface area contributed by atoms with Crippen LogP contribution in [0, 0.1) is 36.5 Å². The van der Waals surface area contributed by atoms with Gasteiger partial charge in [0.05, 0.1) is 42.7 Å². The molecule has 0 saturated carbocycles. The van der Waals surface area contributed by atoms with Gasteiger partial charge < -0.3 is 18.9 Å². The molecule has 162 valence electrons. The highest BCUT2D eigenvalue weighted by Crippen LogP contribution is 2.18. The number of ether oxygens (including phenoxy) is 2. The fraction of sp³-hybridized carbons (Fsp3) is 0.409. The van der Waals surface area contributed by atoms with E-state index in [1.165, 1.54) is 4.90 Å². The summed E-state index contributed by atoms with van der Waals surface area (Å²) in [5.41, 5.74) is 2.40. The van der Waals surface area contributed by atoms with E-state index in [4.69, 9.17) is 24.5 Å². The third kappa shape index (κ3) is 7.48. The molecule has 1 aromatic carbocycles. The first-order valence-electron chi connectivity index (χ1n) is 9.75. The van der Waals surface area contributed by atoms with Gasteiger partial charge in [0.15, 0.2) is 6.61 Å². The maximum Gasteiger partial charge on any atom is 0.310 e. The Hall–Kier alpha value is -3.85. The lowest BCUT2D eigenvalue weighted by Gasteiger charge is -2.20. The Morgan fingerprint density at radius 3 is 2.29 bits per heavy atom. The van der Waals surface area contributed by atoms with Gasteiger partial charge in [0.1, 0.15) is 18.1 Å². The number of carbonyl (C=O) groups is 2. The minimum absolute atomic E-state index is 0.00776. The van der Waals surface area contributed by atoms with E-state index in [0.29, 0.717) is 23.7 Å². The number of aryl methyl sites for hydroxylation is 2. The number of amides is 1. The zero-order chi connectivity index (χ0) is 22.6. The summed E-state index contributed by atoms with van der Waals surface area (Å²) in [5.74, 6) is 0.378. The van der Waals surface area contributed by atoms with Crippen LogP contribution >= 0.6 is 0 Å². The summed E-state index contributed by atoms with van der Waals surface area (Å²) in [4.78, 5) is 25.6. The van der Waals surface area contributed by atoms with E-state index in [-0.39, 0.29) is 32.4 Å². The Morgan fingerprint density at radius 1 is 1.10 bits per heavy atom. The van der Waals surface area contributed by atoms with Gasteiger partial charge in [-0.3, -0.25) is 9.59 Å². The monoisotopic (exact) mass is 424 g/mol. The molecule has 1 aromatic heterocycles. The van der Waals surface area contributed by atoms with Gasteiger partial charge in [-0.2, -0.15) is 10.5 Å². The van der Waals surface area contributed by atoms with E-state index >= 15 is 0 Å². The van der Waals surface area contributed by atoms with E-state index in [9.17, 15) is 9.59 Å². The predicted octanol–water partition coefficient (Wildman–Crippen LogP) is 2.61. The lowest BCUT2D eigenvalue weighted by atomic mass is 10.1. The molecule has 2 rings (SSSR count). The minimum Gasteiger partial charge on any atom is -0.489 e. The van der Waals surface area contributed by atoms with E-state index in [2.05, 4.69) is 5.16 Å². The number of aromatic nitrogens is 1. The molecule has 0 unspecified atom stereocenters. The number of nitrogens with zero attached hydrogens (tertiary/aromatic N) is 4. The van der Waals surface area contributed by atoms with Crippen LogP contribution in [-0.2, 0) is 27.4 Å². The number of carbonyl (C=O) groups excluding carboxylic acids is 2. The number of hydrogen-bond acceptors (Lipinski definition) is 8. The van der Waals surface area contributed by atoms with Gasteiger partial charge in [0.25, 0.3) is 5.91 Å². The third-order valence-corrected chi connectivity index (χ3v) is 4.53. The molecule has 0 bridgehead atoms. The second-order valence-electron chi connectivity index (χ2n) is 6.77. The van der Waals surface area contributed by atoms with Crippen LogP contribution in [0.3, 0.4) is 0 Å². The summed E-state index contributed by atoms with van der Waals surface area (Å²) in [6.45, 7) is 3.98. The van der Waals surface area contributed by atoms with Gasteiger partial charge in [-0.05, 0) is 31.5 Å². The van der Waals surface area contributed by atoms with Crippen LogP contribution in [0.25, 0.3) is 0 Å². The topological polar surface area (TPSA) is 129 Å². The molecule has 0 fully saturated rings. The number of rotatable bonds is 11. The Kier molecular flexibility index (Phi) is 9.06. The first kappa shape index (κ1) is 23.4. The molecule has 0 aliphatic rings. The first-order chi connectivity index (χ1) is 14.9. The highest BCUT2D eigenvalue weighted by atomic mass is 16.5. The molecule has 1 amide bonds. The SMILES string of the molecule is Cc1noc(C)c1COc1ccc(CC(=O)OCC(=O)N(CCC#N)CCC#N)cc1. The average Bonchev–Trinajstić information content (AvgIpc) is 3.09. The van der Waals surface area contributed by atoms with Crippen LogP contribution in [0.2, 0.25) is 0 Å². The molecule has 2 aromatic rings. The van der Waals surface area contributed by atoms with Crippen molar-refractivity contribution in [1.82, 2.24) is 10.1 Å². The first-order valence-corrected chi connectivity index (χ1v) is 9.75. The fourth-order valence-electron chi connectivity index (χ4n) is 2.75.